The quantitative estimate of drug-likeness (QED) is 0.753. The molecule has 1 aromatic carbocycles. The Labute approximate surface area is 81.4 Å². The van der Waals surface area contributed by atoms with Gasteiger partial charge >= 0.3 is 5.97 Å². The highest BCUT2D eigenvalue weighted by Crippen LogP contribution is 2.20. The van der Waals surface area contributed by atoms with Gasteiger partial charge in [0.1, 0.15) is 11.4 Å². The minimum absolute atomic E-state index is 0.366. The average molecular weight is 197 g/mol. The third-order valence-corrected chi connectivity index (χ3v) is 2.20. The van der Waals surface area contributed by atoms with Crippen LogP contribution in [0.25, 0.3) is 0 Å². The predicted molar refractivity (Wildman–Crippen MR) is 50.3 cm³/mol. The molecule has 1 aromatic rings. The van der Waals surface area contributed by atoms with Crippen molar-refractivity contribution in [3.63, 3.8) is 0 Å². The van der Waals surface area contributed by atoms with Crippen LogP contribution < -0.4 is 5.73 Å². The molecule has 0 aliphatic heterocycles. The van der Waals surface area contributed by atoms with E-state index in [-0.39, 0.29) is 5.82 Å². The number of halogens is 1. The van der Waals surface area contributed by atoms with Gasteiger partial charge in [0, 0.05) is 0 Å². The average Bonchev–Trinajstić information content (AvgIpc) is 2.09. The summed E-state index contributed by atoms with van der Waals surface area (Å²) in [4.78, 5) is 10.8. The molecular formula is C10H12FNO2. The highest BCUT2D eigenvalue weighted by Gasteiger charge is 2.30. The molecule has 0 saturated heterocycles. The van der Waals surface area contributed by atoms with Gasteiger partial charge in [-0.25, -0.2) is 9.18 Å². The van der Waals surface area contributed by atoms with E-state index >= 15 is 0 Å². The van der Waals surface area contributed by atoms with Crippen LogP contribution in [-0.4, -0.2) is 11.1 Å². The maximum atomic E-state index is 12.9. The summed E-state index contributed by atoms with van der Waals surface area (Å²) in [6.45, 7) is 2.94. The van der Waals surface area contributed by atoms with E-state index in [9.17, 15) is 9.18 Å². The lowest BCUT2D eigenvalue weighted by molar-refractivity contribution is -0.143. The third-order valence-electron chi connectivity index (χ3n) is 2.20. The molecule has 0 fully saturated rings. The molecule has 3 N–H and O–H groups in total. The topological polar surface area (TPSA) is 63.3 Å². The zero-order valence-corrected chi connectivity index (χ0v) is 8.04. The first-order valence-electron chi connectivity index (χ1n) is 4.14. The van der Waals surface area contributed by atoms with Crippen LogP contribution in [0, 0.1) is 12.7 Å². The highest BCUT2D eigenvalue weighted by molar-refractivity contribution is 5.79. The molecule has 0 saturated carbocycles. The third kappa shape index (κ3) is 1.75. The lowest BCUT2D eigenvalue weighted by atomic mass is 9.92. The number of carboxylic acids is 1. The Morgan fingerprint density at radius 3 is 2.57 bits per heavy atom. The molecule has 3 nitrogen and oxygen atoms in total. The molecule has 0 bridgehead atoms. The van der Waals surface area contributed by atoms with Crippen LogP contribution in [0.15, 0.2) is 18.2 Å². The van der Waals surface area contributed by atoms with Crippen LogP contribution in [0.3, 0.4) is 0 Å². The predicted octanol–water partition coefficient (Wildman–Crippen LogP) is 1.39. The van der Waals surface area contributed by atoms with Crippen molar-refractivity contribution in [2.75, 3.05) is 0 Å². The summed E-state index contributed by atoms with van der Waals surface area (Å²) in [5.41, 5.74) is 4.89. The van der Waals surface area contributed by atoms with Gasteiger partial charge < -0.3 is 10.8 Å². The summed E-state index contributed by atoms with van der Waals surface area (Å²) in [6.07, 6.45) is 0. The van der Waals surface area contributed by atoms with Crippen molar-refractivity contribution < 1.29 is 14.3 Å². The van der Waals surface area contributed by atoms with E-state index < -0.39 is 11.5 Å². The Morgan fingerprint density at radius 1 is 1.57 bits per heavy atom. The molecule has 0 aliphatic carbocycles. The van der Waals surface area contributed by atoms with Crippen LogP contribution >= 0.6 is 0 Å². The Balaban J connectivity index is 3.21. The van der Waals surface area contributed by atoms with Crippen LogP contribution in [-0.2, 0) is 10.3 Å². The van der Waals surface area contributed by atoms with Gasteiger partial charge in [0.25, 0.3) is 0 Å². The molecule has 0 heterocycles. The smallest absolute Gasteiger partial charge is 0.328 e. The number of rotatable bonds is 2. The largest absolute Gasteiger partial charge is 0.480 e. The van der Waals surface area contributed by atoms with Gasteiger partial charge in [-0.3, -0.25) is 0 Å². The first kappa shape index (κ1) is 10.7. The van der Waals surface area contributed by atoms with E-state index in [1.807, 2.05) is 0 Å². The second-order valence-corrected chi connectivity index (χ2v) is 3.47. The number of hydrogen-bond acceptors (Lipinski definition) is 2. The number of carbonyl (C=O) groups is 1. The van der Waals surface area contributed by atoms with Crippen molar-refractivity contribution in [3.05, 3.63) is 35.1 Å². The molecule has 14 heavy (non-hydrogen) atoms. The zero-order valence-electron chi connectivity index (χ0n) is 8.04. The second-order valence-electron chi connectivity index (χ2n) is 3.47. The monoisotopic (exact) mass is 197 g/mol. The van der Waals surface area contributed by atoms with Crippen molar-refractivity contribution in [2.45, 2.75) is 19.4 Å². The second kappa shape index (κ2) is 3.38. The van der Waals surface area contributed by atoms with Gasteiger partial charge in [0.2, 0.25) is 0 Å². The fourth-order valence-electron chi connectivity index (χ4n) is 1.09. The van der Waals surface area contributed by atoms with Crippen molar-refractivity contribution >= 4 is 5.97 Å². The lowest BCUT2D eigenvalue weighted by Gasteiger charge is -2.20. The van der Waals surface area contributed by atoms with Gasteiger partial charge in [0.05, 0.1) is 0 Å². The summed E-state index contributed by atoms with van der Waals surface area (Å²) in [7, 11) is 0. The van der Waals surface area contributed by atoms with Crippen molar-refractivity contribution in [1.82, 2.24) is 0 Å². The first-order chi connectivity index (χ1) is 6.35. The fraction of sp³-hybridized carbons (Fsp3) is 0.300. The molecule has 0 spiro atoms. The Hall–Kier alpha value is -1.42. The van der Waals surface area contributed by atoms with Crippen LogP contribution in [0.5, 0.6) is 0 Å². The molecule has 1 rings (SSSR count). The van der Waals surface area contributed by atoms with Crippen LogP contribution in [0.2, 0.25) is 0 Å². The van der Waals surface area contributed by atoms with Crippen molar-refractivity contribution in [1.29, 1.82) is 0 Å². The Bertz CT molecular complexity index is 374. The molecule has 0 aliphatic rings. The number of aryl methyl sites for hydroxylation is 1. The van der Waals surface area contributed by atoms with E-state index in [1.165, 1.54) is 25.1 Å². The molecule has 0 unspecified atom stereocenters. The minimum atomic E-state index is -1.47. The van der Waals surface area contributed by atoms with E-state index in [4.69, 9.17) is 10.8 Å². The lowest BCUT2D eigenvalue weighted by Crippen LogP contribution is -2.41. The molecule has 0 aromatic heterocycles. The van der Waals surface area contributed by atoms with Crippen molar-refractivity contribution in [3.8, 4) is 0 Å². The first-order valence-corrected chi connectivity index (χ1v) is 4.14. The molecule has 0 amide bonds. The van der Waals surface area contributed by atoms with E-state index in [0.717, 1.165) is 0 Å². The minimum Gasteiger partial charge on any atom is -0.480 e. The van der Waals surface area contributed by atoms with Gasteiger partial charge in [-0.05, 0) is 31.0 Å². The van der Waals surface area contributed by atoms with Gasteiger partial charge in [-0.15, -0.1) is 0 Å². The number of hydrogen-bond donors (Lipinski definition) is 2. The maximum Gasteiger partial charge on any atom is 0.328 e. The molecule has 1 atom stereocenters. The normalized spacial score (nSPS) is 14.9. The summed E-state index contributed by atoms with van der Waals surface area (Å²) in [5.74, 6) is -1.50. The van der Waals surface area contributed by atoms with Crippen LogP contribution in [0.1, 0.15) is 18.1 Å². The molecule has 76 valence electrons. The molecule has 0 radical (unpaired) electrons. The number of benzene rings is 1. The maximum absolute atomic E-state index is 12.9. The van der Waals surface area contributed by atoms with Crippen molar-refractivity contribution in [2.24, 2.45) is 5.73 Å². The summed E-state index contributed by atoms with van der Waals surface area (Å²) >= 11 is 0. The van der Waals surface area contributed by atoms with E-state index in [0.29, 0.717) is 11.1 Å². The molecular weight excluding hydrogens is 185 g/mol. The zero-order chi connectivity index (χ0) is 10.9. The summed E-state index contributed by atoms with van der Waals surface area (Å²) in [6, 6.07) is 4.05. The number of nitrogens with two attached hydrogens (primary N) is 1. The van der Waals surface area contributed by atoms with Gasteiger partial charge in [0.15, 0.2) is 0 Å². The fourth-order valence-corrected chi connectivity index (χ4v) is 1.09. The van der Waals surface area contributed by atoms with Gasteiger partial charge in [-0.2, -0.15) is 0 Å². The summed E-state index contributed by atoms with van der Waals surface area (Å²) in [5, 5.41) is 8.84. The highest BCUT2D eigenvalue weighted by atomic mass is 19.1. The Kier molecular flexibility index (Phi) is 2.57. The summed E-state index contributed by atoms with van der Waals surface area (Å²) < 4.78 is 12.9. The SMILES string of the molecule is Cc1cc([C@@](C)(N)C(=O)O)ccc1F. The number of aliphatic carboxylic acids is 1. The molecule has 4 heteroatoms. The standard InChI is InChI=1S/C10H12FNO2/c1-6-5-7(3-4-8(6)11)10(2,12)9(13)14/h3-5H,12H2,1-2H3,(H,13,14)/t10-/m1/s1. The van der Waals surface area contributed by atoms with Crippen LogP contribution in [0.4, 0.5) is 4.39 Å². The van der Waals surface area contributed by atoms with E-state index in [1.54, 1.807) is 6.92 Å². The Morgan fingerprint density at radius 2 is 2.14 bits per heavy atom. The van der Waals surface area contributed by atoms with E-state index in [2.05, 4.69) is 0 Å². The number of carboxylic acid groups (broad SMARTS) is 1. The van der Waals surface area contributed by atoms with Gasteiger partial charge in [-0.1, -0.05) is 12.1 Å².